The molecule has 0 spiro atoms. The summed E-state index contributed by atoms with van der Waals surface area (Å²) >= 11 is 2.20. The lowest BCUT2D eigenvalue weighted by Crippen LogP contribution is -2.12. The Balaban J connectivity index is 1.89. The molecular formula is C14H10IN3O. The topological polar surface area (TPSA) is 57.8 Å². The Bertz CT molecular complexity index is 751. The van der Waals surface area contributed by atoms with Crippen molar-refractivity contribution in [2.75, 3.05) is 5.32 Å². The van der Waals surface area contributed by atoms with E-state index in [1.165, 1.54) is 0 Å². The van der Waals surface area contributed by atoms with Gasteiger partial charge in [0.05, 0.1) is 17.4 Å². The molecule has 0 atom stereocenters. The number of fused-ring (bicyclic) bond motifs is 1. The van der Waals surface area contributed by atoms with Crippen molar-refractivity contribution in [1.82, 2.24) is 10.2 Å². The number of hydrogen-bond acceptors (Lipinski definition) is 2. The third-order valence-corrected chi connectivity index (χ3v) is 3.77. The Morgan fingerprint density at radius 1 is 1.21 bits per heavy atom. The number of carbonyl (C=O) groups excluding carboxylic acids is 1. The van der Waals surface area contributed by atoms with Crippen LogP contribution in [0.15, 0.2) is 48.7 Å². The number of aromatic nitrogens is 2. The van der Waals surface area contributed by atoms with Gasteiger partial charge >= 0.3 is 0 Å². The molecule has 0 saturated heterocycles. The van der Waals surface area contributed by atoms with Crippen LogP contribution in [0.3, 0.4) is 0 Å². The number of nitrogens with one attached hydrogen (secondary N) is 2. The van der Waals surface area contributed by atoms with Gasteiger partial charge in [0.25, 0.3) is 5.91 Å². The van der Waals surface area contributed by atoms with Crippen LogP contribution in [-0.4, -0.2) is 16.1 Å². The van der Waals surface area contributed by atoms with Crippen molar-refractivity contribution >= 4 is 45.1 Å². The first-order valence-electron chi connectivity index (χ1n) is 5.73. The van der Waals surface area contributed by atoms with Crippen LogP contribution in [0, 0.1) is 3.57 Å². The van der Waals surface area contributed by atoms with E-state index in [2.05, 4.69) is 38.1 Å². The van der Waals surface area contributed by atoms with Gasteiger partial charge in [-0.05, 0) is 46.9 Å². The highest BCUT2D eigenvalue weighted by molar-refractivity contribution is 14.1. The van der Waals surface area contributed by atoms with Crippen LogP contribution in [0.25, 0.3) is 10.9 Å². The van der Waals surface area contributed by atoms with Gasteiger partial charge in [0.1, 0.15) is 0 Å². The highest BCUT2D eigenvalue weighted by Gasteiger charge is 2.09. The number of H-pyrrole nitrogens is 1. The number of nitrogens with zero attached hydrogens (tertiary/aromatic N) is 1. The van der Waals surface area contributed by atoms with E-state index in [0.717, 1.165) is 20.2 Å². The molecule has 1 aromatic heterocycles. The standard InChI is InChI=1S/C14H10IN3O/c15-11-3-1-2-4-12(11)17-14(19)9-5-6-10-8-16-18-13(10)7-9/h1-8H,(H,16,18)(H,17,19). The second-order valence-electron chi connectivity index (χ2n) is 4.11. The Hall–Kier alpha value is -1.89. The molecule has 94 valence electrons. The molecule has 0 radical (unpaired) electrons. The third-order valence-electron chi connectivity index (χ3n) is 2.83. The maximum absolute atomic E-state index is 12.2. The van der Waals surface area contributed by atoms with Crippen molar-refractivity contribution < 1.29 is 4.79 Å². The third kappa shape index (κ3) is 2.46. The summed E-state index contributed by atoms with van der Waals surface area (Å²) < 4.78 is 1.01. The smallest absolute Gasteiger partial charge is 0.255 e. The predicted molar refractivity (Wildman–Crippen MR) is 83.2 cm³/mol. The minimum Gasteiger partial charge on any atom is -0.321 e. The Labute approximate surface area is 123 Å². The summed E-state index contributed by atoms with van der Waals surface area (Å²) in [4.78, 5) is 12.2. The number of carbonyl (C=O) groups is 1. The summed E-state index contributed by atoms with van der Waals surface area (Å²) in [7, 11) is 0. The van der Waals surface area contributed by atoms with Crippen molar-refractivity contribution in [1.29, 1.82) is 0 Å². The fourth-order valence-corrected chi connectivity index (χ4v) is 2.36. The van der Waals surface area contributed by atoms with Gasteiger partial charge in [0.2, 0.25) is 0 Å². The molecule has 3 aromatic rings. The van der Waals surface area contributed by atoms with E-state index in [-0.39, 0.29) is 5.91 Å². The number of hydrogen-bond donors (Lipinski definition) is 2. The van der Waals surface area contributed by atoms with Gasteiger partial charge in [-0.15, -0.1) is 0 Å². The van der Waals surface area contributed by atoms with Gasteiger partial charge in [-0.3, -0.25) is 9.89 Å². The summed E-state index contributed by atoms with van der Waals surface area (Å²) in [5.74, 6) is -0.124. The molecule has 2 aromatic carbocycles. The highest BCUT2D eigenvalue weighted by atomic mass is 127. The van der Waals surface area contributed by atoms with Crippen LogP contribution in [-0.2, 0) is 0 Å². The number of halogens is 1. The number of amides is 1. The van der Waals surface area contributed by atoms with Gasteiger partial charge in [-0.25, -0.2) is 0 Å². The Morgan fingerprint density at radius 3 is 2.89 bits per heavy atom. The molecule has 1 amide bonds. The zero-order chi connectivity index (χ0) is 13.2. The van der Waals surface area contributed by atoms with Crippen LogP contribution in [0.1, 0.15) is 10.4 Å². The summed E-state index contributed by atoms with van der Waals surface area (Å²) in [5.41, 5.74) is 2.28. The van der Waals surface area contributed by atoms with Gasteiger partial charge in [-0.2, -0.15) is 5.10 Å². The number of para-hydroxylation sites is 1. The zero-order valence-electron chi connectivity index (χ0n) is 9.85. The SMILES string of the molecule is O=C(Nc1ccccc1I)c1ccc2cn[nH]c2c1. The molecule has 19 heavy (non-hydrogen) atoms. The van der Waals surface area contributed by atoms with E-state index < -0.39 is 0 Å². The van der Waals surface area contributed by atoms with Crippen molar-refractivity contribution in [3.63, 3.8) is 0 Å². The second-order valence-corrected chi connectivity index (χ2v) is 5.27. The molecule has 0 aliphatic carbocycles. The maximum Gasteiger partial charge on any atom is 0.255 e. The lowest BCUT2D eigenvalue weighted by atomic mass is 10.1. The number of rotatable bonds is 2. The molecule has 0 aliphatic heterocycles. The predicted octanol–water partition coefficient (Wildman–Crippen LogP) is 3.42. The van der Waals surface area contributed by atoms with E-state index >= 15 is 0 Å². The van der Waals surface area contributed by atoms with Crippen molar-refractivity contribution in [2.45, 2.75) is 0 Å². The highest BCUT2D eigenvalue weighted by Crippen LogP contribution is 2.19. The first kappa shape index (κ1) is 12.2. The lowest BCUT2D eigenvalue weighted by Gasteiger charge is -2.07. The summed E-state index contributed by atoms with van der Waals surface area (Å²) in [6.45, 7) is 0. The molecule has 0 aliphatic rings. The van der Waals surface area contributed by atoms with E-state index in [1.807, 2.05) is 30.3 Å². The fraction of sp³-hybridized carbons (Fsp3) is 0. The van der Waals surface area contributed by atoms with Crippen LogP contribution < -0.4 is 5.32 Å². The Kier molecular flexibility index (Phi) is 3.20. The van der Waals surface area contributed by atoms with E-state index in [1.54, 1.807) is 18.3 Å². The van der Waals surface area contributed by atoms with E-state index in [0.29, 0.717) is 5.56 Å². The largest absolute Gasteiger partial charge is 0.321 e. The zero-order valence-corrected chi connectivity index (χ0v) is 12.0. The quantitative estimate of drug-likeness (QED) is 0.686. The molecule has 2 N–H and O–H groups in total. The average Bonchev–Trinajstić information content (AvgIpc) is 2.88. The van der Waals surface area contributed by atoms with Crippen LogP contribution in [0.2, 0.25) is 0 Å². The molecule has 3 rings (SSSR count). The number of anilines is 1. The van der Waals surface area contributed by atoms with Crippen LogP contribution >= 0.6 is 22.6 Å². The monoisotopic (exact) mass is 363 g/mol. The molecule has 0 fully saturated rings. The molecule has 4 nitrogen and oxygen atoms in total. The van der Waals surface area contributed by atoms with Gasteiger partial charge < -0.3 is 5.32 Å². The van der Waals surface area contributed by atoms with Crippen molar-refractivity contribution in [3.05, 3.63) is 57.8 Å². The summed E-state index contributed by atoms with van der Waals surface area (Å²) in [6, 6.07) is 13.1. The average molecular weight is 363 g/mol. The van der Waals surface area contributed by atoms with E-state index in [9.17, 15) is 4.79 Å². The number of aromatic amines is 1. The van der Waals surface area contributed by atoms with Crippen LogP contribution in [0.4, 0.5) is 5.69 Å². The van der Waals surface area contributed by atoms with Crippen molar-refractivity contribution in [2.24, 2.45) is 0 Å². The molecule has 5 heteroatoms. The molecule has 0 bridgehead atoms. The Morgan fingerprint density at radius 2 is 2.05 bits per heavy atom. The molecule has 0 saturated carbocycles. The minimum atomic E-state index is -0.124. The van der Waals surface area contributed by atoms with Crippen molar-refractivity contribution in [3.8, 4) is 0 Å². The summed E-state index contributed by atoms with van der Waals surface area (Å²) in [5, 5.41) is 10.7. The van der Waals surface area contributed by atoms with Gasteiger partial charge in [0, 0.05) is 14.5 Å². The molecule has 1 heterocycles. The second kappa shape index (κ2) is 5.00. The molecular weight excluding hydrogens is 353 g/mol. The first-order valence-corrected chi connectivity index (χ1v) is 6.81. The van der Waals surface area contributed by atoms with Gasteiger partial charge in [-0.1, -0.05) is 18.2 Å². The van der Waals surface area contributed by atoms with Gasteiger partial charge in [0.15, 0.2) is 0 Å². The molecule has 0 unspecified atom stereocenters. The normalized spacial score (nSPS) is 10.6. The first-order chi connectivity index (χ1) is 9.24. The number of benzene rings is 2. The van der Waals surface area contributed by atoms with Crippen LogP contribution in [0.5, 0.6) is 0 Å². The minimum absolute atomic E-state index is 0.124. The maximum atomic E-state index is 12.2. The summed E-state index contributed by atoms with van der Waals surface area (Å²) in [6.07, 6.45) is 1.73. The lowest BCUT2D eigenvalue weighted by molar-refractivity contribution is 0.102. The fourth-order valence-electron chi connectivity index (χ4n) is 1.84. The van der Waals surface area contributed by atoms with E-state index in [4.69, 9.17) is 0 Å².